The number of nitrogens with one attached hydrogen (secondary N) is 1. The SMILES string of the molecule is CCCOc1ccc(C(=O)Nc2ccc(Oc3ccc(OC)cc3)cc2)cc1OCC. The van der Waals surface area contributed by atoms with Crippen molar-refractivity contribution in [2.45, 2.75) is 20.3 Å². The van der Waals surface area contributed by atoms with Crippen LogP contribution in [0.2, 0.25) is 0 Å². The Morgan fingerprint density at radius 2 is 1.45 bits per heavy atom. The van der Waals surface area contributed by atoms with Crippen LogP contribution >= 0.6 is 0 Å². The number of rotatable bonds is 10. The van der Waals surface area contributed by atoms with Crippen molar-refractivity contribution in [3.8, 4) is 28.7 Å². The number of carbonyl (C=O) groups is 1. The Morgan fingerprint density at radius 1 is 0.806 bits per heavy atom. The molecule has 6 nitrogen and oxygen atoms in total. The molecule has 0 aliphatic heterocycles. The third kappa shape index (κ3) is 6.15. The molecule has 3 aromatic rings. The number of benzene rings is 3. The van der Waals surface area contributed by atoms with Crippen molar-refractivity contribution in [2.24, 2.45) is 0 Å². The van der Waals surface area contributed by atoms with Crippen molar-refractivity contribution in [3.05, 3.63) is 72.3 Å². The summed E-state index contributed by atoms with van der Waals surface area (Å²) in [5.41, 5.74) is 1.15. The molecule has 0 atom stereocenters. The molecule has 0 unspecified atom stereocenters. The molecule has 0 fully saturated rings. The van der Waals surface area contributed by atoms with Crippen molar-refractivity contribution >= 4 is 11.6 Å². The van der Waals surface area contributed by atoms with E-state index in [1.165, 1.54) is 0 Å². The first-order valence-electron chi connectivity index (χ1n) is 10.3. The molecule has 3 rings (SSSR count). The lowest BCUT2D eigenvalue weighted by Gasteiger charge is -2.13. The predicted molar refractivity (Wildman–Crippen MR) is 121 cm³/mol. The predicted octanol–water partition coefficient (Wildman–Crippen LogP) is 5.93. The van der Waals surface area contributed by atoms with Crippen molar-refractivity contribution in [1.82, 2.24) is 0 Å². The molecule has 0 radical (unpaired) electrons. The zero-order valence-electron chi connectivity index (χ0n) is 18.0. The maximum absolute atomic E-state index is 12.7. The van der Waals surface area contributed by atoms with Gasteiger partial charge in [0.2, 0.25) is 0 Å². The van der Waals surface area contributed by atoms with Crippen molar-refractivity contribution < 1.29 is 23.7 Å². The molecule has 0 aliphatic rings. The molecule has 31 heavy (non-hydrogen) atoms. The number of anilines is 1. The lowest BCUT2D eigenvalue weighted by Crippen LogP contribution is -2.12. The van der Waals surface area contributed by atoms with Gasteiger partial charge in [-0.2, -0.15) is 0 Å². The summed E-state index contributed by atoms with van der Waals surface area (Å²) in [7, 11) is 1.62. The van der Waals surface area contributed by atoms with Crippen LogP contribution in [0.1, 0.15) is 30.6 Å². The standard InChI is InChI=1S/C25H27NO5/c1-4-16-30-23-15-6-18(17-24(23)29-5-2)25(27)26-19-7-9-21(10-8-19)31-22-13-11-20(28-3)12-14-22/h6-15,17H,4-5,16H2,1-3H3,(H,26,27). The summed E-state index contributed by atoms with van der Waals surface area (Å²) in [6.07, 6.45) is 0.895. The molecule has 0 saturated heterocycles. The highest BCUT2D eigenvalue weighted by Gasteiger charge is 2.12. The molecular formula is C25H27NO5. The van der Waals surface area contributed by atoms with Crippen LogP contribution < -0.4 is 24.3 Å². The first-order chi connectivity index (χ1) is 15.1. The van der Waals surface area contributed by atoms with Gasteiger partial charge in [-0.25, -0.2) is 0 Å². The largest absolute Gasteiger partial charge is 0.497 e. The molecule has 0 aromatic heterocycles. The van der Waals surface area contributed by atoms with Gasteiger partial charge in [-0.3, -0.25) is 4.79 Å². The van der Waals surface area contributed by atoms with Gasteiger partial charge >= 0.3 is 0 Å². The number of carbonyl (C=O) groups excluding carboxylic acids is 1. The topological polar surface area (TPSA) is 66.0 Å². The second-order valence-electron chi connectivity index (χ2n) is 6.70. The van der Waals surface area contributed by atoms with Gasteiger partial charge < -0.3 is 24.3 Å². The van der Waals surface area contributed by atoms with E-state index in [0.717, 1.165) is 12.2 Å². The quantitative estimate of drug-likeness (QED) is 0.440. The number of ether oxygens (including phenoxy) is 4. The molecule has 0 aliphatic carbocycles. The van der Waals surface area contributed by atoms with Crippen LogP contribution in [0.15, 0.2) is 66.7 Å². The Morgan fingerprint density at radius 3 is 2.06 bits per heavy atom. The number of hydrogen-bond acceptors (Lipinski definition) is 5. The highest BCUT2D eigenvalue weighted by molar-refractivity contribution is 6.04. The summed E-state index contributed by atoms with van der Waals surface area (Å²) in [6.45, 7) is 5.02. The first-order valence-corrected chi connectivity index (χ1v) is 10.3. The monoisotopic (exact) mass is 421 g/mol. The van der Waals surface area contributed by atoms with E-state index in [9.17, 15) is 4.79 Å². The Labute approximate surface area is 182 Å². The maximum atomic E-state index is 12.7. The summed E-state index contributed by atoms with van der Waals surface area (Å²) in [5.74, 6) is 3.10. The lowest BCUT2D eigenvalue weighted by atomic mass is 10.1. The van der Waals surface area contributed by atoms with E-state index >= 15 is 0 Å². The summed E-state index contributed by atoms with van der Waals surface area (Å²) in [4.78, 5) is 12.7. The number of methoxy groups -OCH3 is 1. The van der Waals surface area contributed by atoms with Gasteiger partial charge in [-0.1, -0.05) is 6.92 Å². The van der Waals surface area contributed by atoms with Gasteiger partial charge in [-0.05, 0) is 80.1 Å². The molecule has 1 amide bonds. The van der Waals surface area contributed by atoms with Gasteiger partial charge in [0, 0.05) is 11.3 Å². The van der Waals surface area contributed by atoms with Crippen molar-refractivity contribution in [3.63, 3.8) is 0 Å². The summed E-state index contributed by atoms with van der Waals surface area (Å²) >= 11 is 0. The second-order valence-corrected chi connectivity index (χ2v) is 6.70. The Hall–Kier alpha value is -3.67. The van der Waals surface area contributed by atoms with E-state index < -0.39 is 0 Å². The second kappa shape index (κ2) is 10.9. The normalized spacial score (nSPS) is 10.3. The molecule has 0 saturated carbocycles. The Balaban J connectivity index is 1.65. The molecule has 162 valence electrons. The van der Waals surface area contributed by atoms with Crippen molar-refractivity contribution in [2.75, 3.05) is 25.6 Å². The van der Waals surface area contributed by atoms with Gasteiger partial charge in [0.15, 0.2) is 11.5 Å². The fourth-order valence-corrected chi connectivity index (χ4v) is 2.84. The minimum Gasteiger partial charge on any atom is -0.497 e. The molecule has 0 bridgehead atoms. The third-order valence-corrected chi connectivity index (χ3v) is 4.37. The fraction of sp³-hybridized carbons (Fsp3) is 0.240. The zero-order valence-corrected chi connectivity index (χ0v) is 18.0. The highest BCUT2D eigenvalue weighted by Crippen LogP contribution is 2.29. The van der Waals surface area contributed by atoms with Gasteiger partial charge in [0.1, 0.15) is 17.2 Å². The summed E-state index contributed by atoms with van der Waals surface area (Å²) in [5, 5.41) is 2.89. The smallest absolute Gasteiger partial charge is 0.255 e. The van der Waals surface area contributed by atoms with Gasteiger partial charge in [0.05, 0.1) is 20.3 Å². The molecule has 0 spiro atoms. The van der Waals surface area contributed by atoms with E-state index in [1.54, 1.807) is 49.6 Å². The molecule has 0 heterocycles. The maximum Gasteiger partial charge on any atom is 0.255 e. The average Bonchev–Trinajstić information content (AvgIpc) is 2.80. The van der Waals surface area contributed by atoms with Crippen LogP contribution in [-0.4, -0.2) is 26.2 Å². The average molecular weight is 421 g/mol. The first kappa shape index (κ1) is 22.0. The van der Waals surface area contributed by atoms with E-state index in [4.69, 9.17) is 18.9 Å². The molecule has 3 aromatic carbocycles. The van der Waals surface area contributed by atoms with E-state index in [2.05, 4.69) is 5.32 Å². The number of amides is 1. The van der Waals surface area contributed by atoms with Crippen LogP contribution in [0.4, 0.5) is 5.69 Å². The number of hydrogen-bond donors (Lipinski definition) is 1. The Bertz CT molecular complexity index is 984. The van der Waals surface area contributed by atoms with Crippen LogP contribution in [0, 0.1) is 0 Å². The highest BCUT2D eigenvalue weighted by atomic mass is 16.5. The summed E-state index contributed by atoms with van der Waals surface area (Å²) in [6, 6.07) is 19.7. The molecule has 1 N–H and O–H groups in total. The van der Waals surface area contributed by atoms with Crippen LogP contribution in [-0.2, 0) is 0 Å². The Kier molecular flexibility index (Phi) is 7.76. The lowest BCUT2D eigenvalue weighted by molar-refractivity contribution is 0.102. The van der Waals surface area contributed by atoms with Crippen LogP contribution in [0.3, 0.4) is 0 Å². The van der Waals surface area contributed by atoms with Crippen LogP contribution in [0.5, 0.6) is 28.7 Å². The summed E-state index contributed by atoms with van der Waals surface area (Å²) < 4.78 is 22.3. The third-order valence-electron chi connectivity index (χ3n) is 4.37. The van der Waals surface area contributed by atoms with Gasteiger partial charge in [0.25, 0.3) is 5.91 Å². The minimum atomic E-state index is -0.230. The van der Waals surface area contributed by atoms with E-state index in [-0.39, 0.29) is 5.91 Å². The minimum absolute atomic E-state index is 0.230. The fourth-order valence-electron chi connectivity index (χ4n) is 2.84. The zero-order chi connectivity index (χ0) is 22.1. The van der Waals surface area contributed by atoms with E-state index in [0.29, 0.717) is 47.5 Å². The van der Waals surface area contributed by atoms with Crippen molar-refractivity contribution in [1.29, 1.82) is 0 Å². The van der Waals surface area contributed by atoms with E-state index in [1.807, 2.05) is 38.1 Å². The molecule has 6 heteroatoms. The van der Waals surface area contributed by atoms with Gasteiger partial charge in [-0.15, -0.1) is 0 Å². The molecular weight excluding hydrogens is 394 g/mol. The van der Waals surface area contributed by atoms with Crippen LogP contribution in [0.25, 0.3) is 0 Å².